The van der Waals surface area contributed by atoms with E-state index in [1.807, 2.05) is 20.8 Å². The Morgan fingerprint density at radius 2 is 1.88 bits per heavy atom. The molecule has 8 heteroatoms. The number of anilines is 1. The average Bonchev–Trinajstić information content (AvgIpc) is 3.32. The summed E-state index contributed by atoms with van der Waals surface area (Å²) in [5.74, 6) is 0.875. The number of nitrogens with zero attached hydrogens (tertiary/aromatic N) is 4. The molecule has 1 atom stereocenters. The van der Waals surface area contributed by atoms with Crippen molar-refractivity contribution in [2.24, 2.45) is 0 Å². The second-order valence-corrected chi connectivity index (χ2v) is 6.73. The van der Waals surface area contributed by atoms with E-state index in [4.69, 9.17) is 4.42 Å². The Morgan fingerprint density at radius 3 is 2.50 bits per heavy atom. The van der Waals surface area contributed by atoms with Gasteiger partial charge in [-0.2, -0.15) is 5.10 Å². The van der Waals surface area contributed by atoms with E-state index in [1.165, 1.54) is 6.26 Å². The van der Waals surface area contributed by atoms with Crippen molar-refractivity contribution in [3.63, 3.8) is 0 Å². The lowest BCUT2D eigenvalue weighted by molar-refractivity contribution is -0.121. The zero-order chi connectivity index (χ0) is 18.7. The maximum absolute atomic E-state index is 12.6. The van der Waals surface area contributed by atoms with Crippen molar-refractivity contribution < 1.29 is 14.0 Å². The van der Waals surface area contributed by atoms with Crippen molar-refractivity contribution in [2.75, 3.05) is 31.5 Å². The lowest BCUT2D eigenvalue weighted by atomic mass is 10.2. The molecule has 0 radical (unpaired) electrons. The lowest BCUT2D eigenvalue weighted by Gasteiger charge is -2.37. The van der Waals surface area contributed by atoms with E-state index >= 15 is 0 Å². The number of carbonyl (C=O) groups excluding carboxylic acids is 2. The van der Waals surface area contributed by atoms with Crippen LogP contribution in [0.2, 0.25) is 0 Å². The second kappa shape index (κ2) is 7.74. The Bertz CT molecular complexity index is 745. The number of hydrogen-bond donors (Lipinski definition) is 1. The third kappa shape index (κ3) is 3.80. The highest BCUT2D eigenvalue weighted by atomic mass is 16.3. The number of furan rings is 1. The quantitative estimate of drug-likeness (QED) is 0.881. The fraction of sp³-hybridized carbons (Fsp3) is 0.500. The Hall–Kier alpha value is -2.61. The number of nitrogens with one attached hydrogen (secondary N) is 1. The zero-order valence-electron chi connectivity index (χ0n) is 15.4. The minimum absolute atomic E-state index is 0.0711. The predicted octanol–water partition coefficient (Wildman–Crippen LogP) is 1.84. The summed E-state index contributed by atoms with van der Waals surface area (Å²) in [5, 5.41) is 7.18. The Balaban J connectivity index is 1.54. The summed E-state index contributed by atoms with van der Waals surface area (Å²) in [6.45, 7) is 8.34. The predicted molar refractivity (Wildman–Crippen MR) is 96.9 cm³/mol. The van der Waals surface area contributed by atoms with Gasteiger partial charge in [-0.05, 0) is 32.9 Å². The highest BCUT2D eigenvalue weighted by Crippen LogP contribution is 2.15. The smallest absolute Gasteiger partial charge is 0.289 e. The van der Waals surface area contributed by atoms with Crippen LogP contribution in [-0.2, 0) is 4.79 Å². The van der Waals surface area contributed by atoms with Crippen LogP contribution in [0, 0.1) is 0 Å². The molecule has 2 amide bonds. The summed E-state index contributed by atoms with van der Waals surface area (Å²) in [6, 6.07) is 5.06. The van der Waals surface area contributed by atoms with E-state index in [0.717, 1.165) is 0 Å². The number of piperazine rings is 1. The van der Waals surface area contributed by atoms with Crippen LogP contribution in [-0.4, -0.2) is 63.6 Å². The van der Waals surface area contributed by atoms with E-state index in [-0.39, 0.29) is 23.9 Å². The van der Waals surface area contributed by atoms with Gasteiger partial charge in [-0.15, -0.1) is 0 Å². The summed E-state index contributed by atoms with van der Waals surface area (Å²) in [5.41, 5.74) is 0. The van der Waals surface area contributed by atoms with Crippen molar-refractivity contribution in [1.29, 1.82) is 0 Å². The first kappa shape index (κ1) is 18.2. The maximum atomic E-state index is 12.6. The minimum Gasteiger partial charge on any atom is -0.459 e. The van der Waals surface area contributed by atoms with Crippen molar-refractivity contribution >= 4 is 17.6 Å². The molecule has 0 aliphatic carbocycles. The van der Waals surface area contributed by atoms with Crippen molar-refractivity contribution in [2.45, 2.75) is 32.9 Å². The average molecular weight is 359 g/mol. The summed E-state index contributed by atoms with van der Waals surface area (Å²) in [7, 11) is 0. The van der Waals surface area contributed by atoms with E-state index in [2.05, 4.69) is 15.3 Å². The highest BCUT2D eigenvalue weighted by Gasteiger charge is 2.29. The van der Waals surface area contributed by atoms with Gasteiger partial charge in [0.2, 0.25) is 5.91 Å². The first-order chi connectivity index (χ1) is 12.5. The maximum Gasteiger partial charge on any atom is 0.289 e. The molecule has 0 bridgehead atoms. The molecule has 26 heavy (non-hydrogen) atoms. The summed E-state index contributed by atoms with van der Waals surface area (Å²) >= 11 is 0. The number of aromatic nitrogens is 2. The molecule has 140 valence electrons. The van der Waals surface area contributed by atoms with E-state index in [0.29, 0.717) is 37.8 Å². The largest absolute Gasteiger partial charge is 0.459 e. The lowest BCUT2D eigenvalue weighted by Crippen LogP contribution is -2.54. The number of amides is 2. The Morgan fingerprint density at radius 1 is 1.15 bits per heavy atom. The fourth-order valence-electron chi connectivity index (χ4n) is 3.09. The highest BCUT2D eigenvalue weighted by molar-refractivity contribution is 5.94. The first-order valence-corrected chi connectivity index (χ1v) is 8.88. The molecular formula is C18H25N5O3. The van der Waals surface area contributed by atoms with Crippen LogP contribution in [0.25, 0.3) is 0 Å². The molecule has 0 aromatic carbocycles. The molecule has 2 aromatic rings. The standard InChI is InChI=1S/C18H25N5O3/c1-13(2)23-16(6-7-19-23)20-17(24)14(3)21-8-10-22(11-9-21)18(25)15-5-4-12-26-15/h4-7,12-14H,8-11H2,1-3H3,(H,20,24). The third-order valence-electron chi connectivity index (χ3n) is 4.67. The zero-order valence-corrected chi connectivity index (χ0v) is 15.4. The van der Waals surface area contributed by atoms with Crippen molar-refractivity contribution in [1.82, 2.24) is 19.6 Å². The third-order valence-corrected chi connectivity index (χ3v) is 4.67. The topological polar surface area (TPSA) is 83.6 Å². The van der Waals surface area contributed by atoms with Gasteiger partial charge in [-0.25, -0.2) is 4.68 Å². The van der Waals surface area contributed by atoms with Gasteiger partial charge in [0, 0.05) is 38.3 Å². The number of hydrogen-bond acceptors (Lipinski definition) is 5. The summed E-state index contributed by atoms with van der Waals surface area (Å²) in [4.78, 5) is 28.7. The summed E-state index contributed by atoms with van der Waals surface area (Å²) < 4.78 is 6.96. The molecule has 1 saturated heterocycles. The van der Waals surface area contributed by atoms with Gasteiger partial charge in [0.15, 0.2) is 5.76 Å². The molecule has 0 spiro atoms. The van der Waals surface area contributed by atoms with Crippen molar-refractivity contribution in [3.8, 4) is 0 Å². The number of rotatable bonds is 5. The molecule has 1 unspecified atom stereocenters. The summed E-state index contributed by atoms with van der Waals surface area (Å²) in [6.07, 6.45) is 3.18. The molecule has 1 aliphatic heterocycles. The van der Waals surface area contributed by atoms with Gasteiger partial charge >= 0.3 is 0 Å². The Labute approximate surface area is 152 Å². The van der Waals surface area contributed by atoms with Crippen LogP contribution in [0.15, 0.2) is 35.1 Å². The normalized spacial score (nSPS) is 16.7. The molecule has 1 fully saturated rings. The molecular weight excluding hydrogens is 334 g/mol. The van der Waals surface area contributed by atoms with Crippen molar-refractivity contribution in [3.05, 3.63) is 36.4 Å². The van der Waals surface area contributed by atoms with E-state index in [1.54, 1.807) is 34.0 Å². The monoisotopic (exact) mass is 359 g/mol. The van der Waals surface area contributed by atoms with E-state index in [9.17, 15) is 9.59 Å². The van der Waals surface area contributed by atoms with Gasteiger partial charge in [0.25, 0.3) is 5.91 Å². The SMILES string of the molecule is CC(C(=O)Nc1ccnn1C(C)C)N1CCN(C(=O)c2ccco2)CC1. The van der Waals surface area contributed by atoms with Gasteiger partial charge in [0.05, 0.1) is 18.5 Å². The number of carbonyl (C=O) groups is 2. The van der Waals surface area contributed by atoms with Crippen LogP contribution in [0.1, 0.15) is 37.4 Å². The van der Waals surface area contributed by atoms with Crippen LogP contribution in [0.5, 0.6) is 0 Å². The second-order valence-electron chi connectivity index (χ2n) is 6.73. The fourth-order valence-corrected chi connectivity index (χ4v) is 3.09. The van der Waals surface area contributed by atoms with E-state index < -0.39 is 0 Å². The minimum atomic E-state index is -0.286. The molecule has 8 nitrogen and oxygen atoms in total. The van der Waals surface area contributed by atoms with Gasteiger partial charge < -0.3 is 14.6 Å². The molecule has 1 aliphatic rings. The van der Waals surface area contributed by atoms with Crippen LogP contribution >= 0.6 is 0 Å². The first-order valence-electron chi connectivity index (χ1n) is 8.88. The molecule has 3 rings (SSSR count). The molecule has 3 heterocycles. The van der Waals surface area contributed by atoms with Crippen LogP contribution in [0.4, 0.5) is 5.82 Å². The van der Waals surface area contributed by atoms with Crippen LogP contribution in [0.3, 0.4) is 0 Å². The van der Waals surface area contributed by atoms with Crippen LogP contribution < -0.4 is 5.32 Å². The molecule has 1 N–H and O–H groups in total. The molecule has 0 saturated carbocycles. The molecule has 2 aromatic heterocycles. The van der Waals surface area contributed by atoms with Gasteiger partial charge in [-0.3, -0.25) is 14.5 Å². The van der Waals surface area contributed by atoms with Gasteiger partial charge in [0.1, 0.15) is 5.82 Å². The Kier molecular flexibility index (Phi) is 5.41. The van der Waals surface area contributed by atoms with Gasteiger partial charge in [-0.1, -0.05) is 0 Å².